The number of urea groups is 1. The maximum atomic E-state index is 11.8. The number of hydrogen-bond donors (Lipinski definition) is 2. The molecule has 28 heavy (non-hydrogen) atoms. The molecule has 0 atom stereocenters. The quantitative estimate of drug-likeness (QED) is 0.528. The van der Waals surface area contributed by atoms with Gasteiger partial charge < -0.3 is 10.6 Å². The molecule has 9 heteroatoms. The van der Waals surface area contributed by atoms with Gasteiger partial charge in [0.2, 0.25) is 0 Å². The second-order valence-corrected chi connectivity index (χ2v) is 7.60. The first kappa shape index (κ1) is 20.5. The van der Waals surface area contributed by atoms with E-state index in [9.17, 15) is 4.79 Å². The van der Waals surface area contributed by atoms with Gasteiger partial charge in [-0.2, -0.15) is 0 Å². The molecule has 2 amide bonds. The minimum Gasteiger partial charge on any atom is -0.338 e. The fraction of sp³-hybridized carbons (Fsp3) is 0.211. The van der Waals surface area contributed by atoms with Gasteiger partial charge in [0, 0.05) is 17.3 Å². The van der Waals surface area contributed by atoms with Gasteiger partial charge in [-0.25, -0.2) is 4.79 Å². The van der Waals surface area contributed by atoms with Crippen molar-refractivity contribution < 1.29 is 4.79 Å². The van der Waals surface area contributed by atoms with Gasteiger partial charge in [0.1, 0.15) is 0 Å². The maximum absolute atomic E-state index is 11.8. The minimum absolute atomic E-state index is 0.212. The lowest BCUT2D eigenvalue weighted by atomic mass is 10.2. The summed E-state index contributed by atoms with van der Waals surface area (Å²) in [7, 11) is 0. The third-order valence-electron chi connectivity index (χ3n) is 3.81. The zero-order chi connectivity index (χ0) is 19.9. The van der Waals surface area contributed by atoms with Crippen molar-refractivity contribution in [2.75, 3.05) is 6.54 Å². The third kappa shape index (κ3) is 5.19. The summed E-state index contributed by atoms with van der Waals surface area (Å²) < 4.78 is 1.85. The first-order valence-corrected chi connectivity index (χ1v) is 10.4. The van der Waals surface area contributed by atoms with Gasteiger partial charge in [0.25, 0.3) is 0 Å². The fourth-order valence-corrected chi connectivity index (χ4v) is 3.93. The predicted octanol–water partition coefficient (Wildman–Crippen LogP) is 4.69. The fourth-order valence-electron chi connectivity index (χ4n) is 2.52. The SMILES string of the molecule is CCNC(=O)NCc1nnc(SCc2ccccc2)n1-c1ccc(Cl)cc1Cl. The van der Waals surface area contributed by atoms with Crippen molar-refractivity contribution in [3.05, 3.63) is 70.0 Å². The van der Waals surface area contributed by atoms with E-state index in [1.54, 1.807) is 23.9 Å². The Labute approximate surface area is 177 Å². The first-order chi connectivity index (χ1) is 13.6. The number of carbonyl (C=O) groups excluding carboxylic acids is 1. The van der Waals surface area contributed by atoms with Crippen molar-refractivity contribution >= 4 is 41.0 Å². The number of amides is 2. The lowest BCUT2D eigenvalue weighted by Crippen LogP contribution is -2.35. The summed E-state index contributed by atoms with van der Waals surface area (Å²) in [6, 6.07) is 15.1. The van der Waals surface area contributed by atoms with E-state index in [0.717, 1.165) is 5.75 Å². The molecule has 6 nitrogen and oxygen atoms in total. The second-order valence-electron chi connectivity index (χ2n) is 5.82. The zero-order valence-corrected chi connectivity index (χ0v) is 17.5. The van der Waals surface area contributed by atoms with Crippen molar-refractivity contribution in [1.82, 2.24) is 25.4 Å². The van der Waals surface area contributed by atoms with E-state index >= 15 is 0 Å². The van der Waals surface area contributed by atoms with Crippen LogP contribution in [0.1, 0.15) is 18.3 Å². The lowest BCUT2D eigenvalue weighted by molar-refractivity contribution is 0.240. The summed E-state index contributed by atoms with van der Waals surface area (Å²) in [5, 5.41) is 15.7. The van der Waals surface area contributed by atoms with Crippen LogP contribution in [0.4, 0.5) is 4.79 Å². The van der Waals surface area contributed by atoms with Crippen LogP contribution in [-0.2, 0) is 12.3 Å². The Morgan fingerprint density at radius 2 is 1.89 bits per heavy atom. The summed E-state index contributed by atoms with van der Waals surface area (Å²) in [6.45, 7) is 2.61. The molecule has 0 unspecified atom stereocenters. The number of hydrogen-bond acceptors (Lipinski definition) is 4. The molecule has 0 saturated carbocycles. The number of nitrogens with one attached hydrogen (secondary N) is 2. The number of halogens is 2. The van der Waals surface area contributed by atoms with Gasteiger partial charge in [0.15, 0.2) is 11.0 Å². The molecule has 3 rings (SSSR count). The Balaban J connectivity index is 1.89. The first-order valence-electron chi connectivity index (χ1n) is 8.66. The summed E-state index contributed by atoms with van der Waals surface area (Å²) in [5.41, 5.74) is 1.88. The highest BCUT2D eigenvalue weighted by Gasteiger charge is 2.17. The van der Waals surface area contributed by atoms with Crippen LogP contribution in [0.15, 0.2) is 53.7 Å². The molecule has 2 aromatic carbocycles. The Morgan fingerprint density at radius 1 is 1.11 bits per heavy atom. The molecule has 0 spiro atoms. The summed E-state index contributed by atoms with van der Waals surface area (Å²) >= 11 is 14.0. The standard InChI is InChI=1S/C19H19Cl2N5OS/c1-2-22-18(27)23-11-17-24-25-19(28-12-13-6-4-3-5-7-13)26(17)16-9-8-14(20)10-15(16)21/h3-10H,2,11-12H2,1H3,(H2,22,23,27). The Morgan fingerprint density at radius 3 is 2.61 bits per heavy atom. The van der Waals surface area contributed by atoms with Gasteiger partial charge in [-0.3, -0.25) is 4.57 Å². The highest BCUT2D eigenvalue weighted by molar-refractivity contribution is 7.98. The van der Waals surface area contributed by atoms with Crippen molar-refractivity contribution in [3.8, 4) is 5.69 Å². The van der Waals surface area contributed by atoms with Crippen molar-refractivity contribution in [3.63, 3.8) is 0 Å². The monoisotopic (exact) mass is 435 g/mol. The third-order valence-corrected chi connectivity index (χ3v) is 5.34. The van der Waals surface area contributed by atoms with E-state index in [1.807, 2.05) is 35.8 Å². The van der Waals surface area contributed by atoms with Gasteiger partial charge >= 0.3 is 6.03 Å². The minimum atomic E-state index is -0.266. The zero-order valence-electron chi connectivity index (χ0n) is 15.2. The Kier molecular flexibility index (Phi) is 7.19. The maximum Gasteiger partial charge on any atom is 0.315 e. The van der Waals surface area contributed by atoms with Crippen LogP contribution in [0, 0.1) is 0 Å². The van der Waals surface area contributed by atoms with E-state index in [0.29, 0.717) is 33.3 Å². The van der Waals surface area contributed by atoms with Crippen LogP contribution >= 0.6 is 35.0 Å². The molecule has 3 aromatic rings. The number of benzene rings is 2. The van der Waals surface area contributed by atoms with Crippen LogP contribution in [0.5, 0.6) is 0 Å². The van der Waals surface area contributed by atoms with Gasteiger partial charge in [0.05, 0.1) is 17.3 Å². The van der Waals surface area contributed by atoms with Crippen molar-refractivity contribution in [2.24, 2.45) is 0 Å². The van der Waals surface area contributed by atoms with Crippen LogP contribution in [-0.4, -0.2) is 27.3 Å². The number of thioether (sulfide) groups is 1. The van der Waals surface area contributed by atoms with Crippen molar-refractivity contribution in [2.45, 2.75) is 24.4 Å². The average molecular weight is 436 g/mol. The van der Waals surface area contributed by atoms with Crippen LogP contribution in [0.2, 0.25) is 10.0 Å². The van der Waals surface area contributed by atoms with Gasteiger partial charge in [-0.05, 0) is 30.7 Å². The second kappa shape index (κ2) is 9.82. The molecule has 0 saturated heterocycles. The summed E-state index contributed by atoms with van der Waals surface area (Å²) in [4.78, 5) is 11.8. The molecule has 0 aliphatic carbocycles. The van der Waals surface area contributed by atoms with E-state index in [4.69, 9.17) is 23.2 Å². The molecular weight excluding hydrogens is 417 g/mol. The molecule has 0 aliphatic rings. The summed E-state index contributed by atoms with van der Waals surface area (Å²) in [5.74, 6) is 1.31. The molecule has 0 bridgehead atoms. The van der Waals surface area contributed by atoms with E-state index in [2.05, 4.69) is 33.0 Å². The molecule has 0 aliphatic heterocycles. The molecule has 1 heterocycles. The summed E-state index contributed by atoms with van der Waals surface area (Å²) in [6.07, 6.45) is 0. The highest BCUT2D eigenvalue weighted by Crippen LogP contribution is 2.30. The predicted molar refractivity (Wildman–Crippen MR) is 113 cm³/mol. The van der Waals surface area contributed by atoms with Crippen LogP contribution in [0.3, 0.4) is 0 Å². The average Bonchev–Trinajstić information content (AvgIpc) is 3.08. The molecular formula is C19H19Cl2N5OS. The topological polar surface area (TPSA) is 71.8 Å². The molecule has 0 fully saturated rings. The van der Waals surface area contributed by atoms with E-state index < -0.39 is 0 Å². The molecule has 146 valence electrons. The highest BCUT2D eigenvalue weighted by atomic mass is 35.5. The molecule has 2 N–H and O–H groups in total. The smallest absolute Gasteiger partial charge is 0.315 e. The Bertz CT molecular complexity index is 949. The van der Waals surface area contributed by atoms with Crippen LogP contribution < -0.4 is 10.6 Å². The lowest BCUT2D eigenvalue weighted by Gasteiger charge is -2.13. The number of carbonyl (C=O) groups is 1. The van der Waals surface area contributed by atoms with Crippen molar-refractivity contribution in [1.29, 1.82) is 0 Å². The van der Waals surface area contributed by atoms with Crippen LogP contribution in [0.25, 0.3) is 5.69 Å². The normalized spacial score (nSPS) is 10.7. The van der Waals surface area contributed by atoms with Gasteiger partial charge in [-0.1, -0.05) is 65.3 Å². The number of rotatable bonds is 7. The van der Waals surface area contributed by atoms with E-state index in [1.165, 1.54) is 5.56 Å². The van der Waals surface area contributed by atoms with Gasteiger partial charge in [-0.15, -0.1) is 10.2 Å². The number of nitrogens with zero attached hydrogens (tertiary/aromatic N) is 3. The number of aromatic nitrogens is 3. The molecule has 0 radical (unpaired) electrons. The van der Waals surface area contributed by atoms with E-state index in [-0.39, 0.29) is 12.6 Å². The Hall–Kier alpha value is -2.22. The largest absolute Gasteiger partial charge is 0.338 e. The molecule has 1 aromatic heterocycles.